The lowest BCUT2D eigenvalue weighted by atomic mass is 9.80. The van der Waals surface area contributed by atoms with Gasteiger partial charge in [-0.2, -0.15) is 0 Å². The van der Waals surface area contributed by atoms with Crippen LogP contribution >= 0.6 is 0 Å². The fraction of sp³-hybridized carbons (Fsp3) is 0.700. The van der Waals surface area contributed by atoms with Gasteiger partial charge in [0.25, 0.3) is 0 Å². The largest absolute Gasteiger partial charge is 0.310 e. The topological polar surface area (TPSA) is 12.0 Å². The quantitative estimate of drug-likeness (QED) is 0.733. The van der Waals surface area contributed by atoms with E-state index in [0.717, 1.165) is 24.3 Å². The van der Waals surface area contributed by atoms with E-state index >= 15 is 0 Å². The zero-order valence-corrected chi connectivity index (χ0v) is 13.8. The predicted octanol–water partition coefficient (Wildman–Crippen LogP) is 5.12. The highest BCUT2D eigenvalue weighted by atomic mass is 14.9. The van der Waals surface area contributed by atoms with Crippen molar-refractivity contribution in [2.75, 3.05) is 6.54 Å². The van der Waals surface area contributed by atoms with Gasteiger partial charge in [0.15, 0.2) is 0 Å². The third kappa shape index (κ3) is 3.34. The highest BCUT2D eigenvalue weighted by Gasteiger charge is 2.43. The molecule has 4 unspecified atom stereocenters. The Labute approximate surface area is 130 Å². The summed E-state index contributed by atoms with van der Waals surface area (Å²) in [6.07, 6.45) is 9.76. The van der Waals surface area contributed by atoms with Crippen molar-refractivity contribution in [1.29, 1.82) is 0 Å². The summed E-state index contributed by atoms with van der Waals surface area (Å²) in [5, 5.41) is 3.79. The molecule has 0 radical (unpaired) electrons. The van der Waals surface area contributed by atoms with E-state index in [0.29, 0.717) is 6.04 Å². The van der Waals surface area contributed by atoms with Crippen LogP contribution in [-0.2, 0) is 6.42 Å². The molecule has 1 aromatic carbocycles. The number of fused-ring (bicyclic) bond motifs is 2. The van der Waals surface area contributed by atoms with Crippen molar-refractivity contribution in [3.05, 3.63) is 35.4 Å². The Morgan fingerprint density at radius 2 is 1.90 bits per heavy atom. The Hall–Kier alpha value is -0.820. The monoisotopic (exact) mass is 285 g/mol. The maximum absolute atomic E-state index is 3.79. The molecular weight excluding hydrogens is 254 g/mol. The van der Waals surface area contributed by atoms with Gasteiger partial charge in [-0.15, -0.1) is 0 Å². The molecule has 2 bridgehead atoms. The molecule has 4 atom stereocenters. The lowest BCUT2D eigenvalue weighted by Crippen LogP contribution is -2.31. The number of hydrogen-bond acceptors (Lipinski definition) is 1. The molecule has 21 heavy (non-hydrogen) atoms. The molecule has 0 heterocycles. The van der Waals surface area contributed by atoms with Crippen LogP contribution in [0.15, 0.2) is 24.3 Å². The summed E-state index contributed by atoms with van der Waals surface area (Å²) in [7, 11) is 0. The zero-order valence-electron chi connectivity index (χ0n) is 13.8. The number of nitrogens with one attached hydrogen (secondary N) is 1. The van der Waals surface area contributed by atoms with Crippen LogP contribution in [0.4, 0.5) is 0 Å². The summed E-state index contributed by atoms with van der Waals surface area (Å²) in [5.41, 5.74) is 3.03. The van der Waals surface area contributed by atoms with Gasteiger partial charge in [-0.25, -0.2) is 0 Å². The van der Waals surface area contributed by atoms with E-state index in [4.69, 9.17) is 0 Å². The third-order valence-electron chi connectivity index (χ3n) is 5.80. The highest BCUT2D eigenvalue weighted by Crippen LogP contribution is 2.52. The number of rotatable bonds is 7. The van der Waals surface area contributed by atoms with Crippen molar-refractivity contribution in [2.45, 2.75) is 64.8 Å². The maximum Gasteiger partial charge on any atom is 0.0351 e. The lowest BCUT2D eigenvalue weighted by molar-refractivity contribution is 0.253. The Bertz CT molecular complexity index is 436. The SMILES string of the molecule is CCCCc1ccc(C(NCC)C2CC3CCC2C3)cc1. The smallest absolute Gasteiger partial charge is 0.0351 e. The molecule has 0 aromatic heterocycles. The molecule has 0 saturated heterocycles. The number of benzene rings is 1. The van der Waals surface area contributed by atoms with Crippen molar-refractivity contribution in [3.63, 3.8) is 0 Å². The van der Waals surface area contributed by atoms with E-state index in [-0.39, 0.29) is 0 Å². The van der Waals surface area contributed by atoms with E-state index in [1.807, 2.05) is 0 Å². The average molecular weight is 285 g/mol. The molecule has 2 saturated carbocycles. The van der Waals surface area contributed by atoms with Crippen LogP contribution in [0.1, 0.15) is 69.5 Å². The van der Waals surface area contributed by atoms with E-state index < -0.39 is 0 Å². The summed E-state index contributed by atoms with van der Waals surface area (Å²) in [6.45, 7) is 5.59. The first-order valence-electron chi connectivity index (χ1n) is 9.14. The summed E-state index contributed by atoms with van der Waals surface area (Å²) >= 11 is 0. The Kier molecular flexibility index (Phi) is 5.00. The first-order valence-corrected chi connectivity index (χ1v) is 9.14. The second-order valence-electron chi connectivity index (χ2n) is 7.22. The molecule has 2 aliphatic carbocycles. The minimum atomic E-state index is 0.588. The molecule has 2 aliphatic rings. The van der Waals surface area contributed by atoms with E-state index in [9.17, 15) is 0 Å². The van der Waals surface area contributed by atoms with Gasteiger partial charge in [0.1, 0.15) is 0 Å². The molecule has 1 nitrogen and oxygen atoms in total. The zero-order chi connectivity index (χ0) is 14.7. The summed E-state index contributed by atoms with van der Waals surface area (Å²) < 4.78 is 0. The van der Waals surface area contributed by atoms with Gasteiger partial charge in [0, 0.05) is 6.04 Å². The van der Waals surface area contributed by atoms with Crippen LogP contribution in [0, 0.1) is 17.8 Å². The number of hydrogen-bond donors (Lipinski definition) is 1. The molecule has 0 spiro atoms. The molecule has 3 rings (SSSR count). The Balaban J connectivity index is 1.71. The van der Waals surface area contributed by atoms with Crippen LogP contribution in [-0.4, -0.2) is 6.54 Å². The van der Waals surface area contributed by atoms with Crippen LogP contribution in [0.25, 0.3) is 0 Å². The van der Waals surface area contributed by atoms with Crippen molar-refractivity contribution in [2.24, 2.45) is 17.8 Å². The molecule has 116 valence electrons. The van der Waals surface area contributed by atoms with Crippen molar-refractivity contribution < 1.29 is 0 Å². The van der Waals surface area contributed by atoms with E-state index in [1.54, 1.807) is 0 Å². The molecule has 0 aliphatic heterocycles. The van der Waals surface area contributed by atoms with Crippen molar-refractivity contribution in [3.8, 4) is 0 Å². The number of aryl methyl sites for hydroxylation is 1. The molecule has 0 amide bonds. The predicted molar refractivity (Wildman–Crippen MR) is 90.4 cm³/mol. The van der Waals surface area contributed by atoms with Gasteiger partial charge in [0.05, 0.1) is 0 Å². The van der Waals surface area contributed by atoms with E-state index in [2.05, 4.69) is 43.4 Å². The molecular formula is C20H31N. The Morgan fingerprint density at radius 1 is 1.10 bits per heavy atom. The maximum atomic E-state index is 3.79. The number of unbranched alkanes of at least 4 members (excludes halogenated alkanes) is 1. The summed E-state index contributed by atoms with van der Waals surface area (Å²) in [5.74, 6) is 2.90. The molecule has 1 aromatic rings. The standard InChI is InChI=1S/C20H31N/c1-3-5-6-15-7-10-17(11-8-15)20(21-4-2)19-14-16-9-12-18(19)13-16/h7-8,10-11,16,18-21H,3-6,9,12-14H2,1-2H3. The van der Waals surface area contributed by atoms with Crippen LogP contribution in [0.2, 0.25) is 0 Å². The minimum Gasteiger partial charge on any atom is -0.310 e. The third-order valence-corrected chi connectivity index (χ3v) is 5.80. The van der Waals surface area contributed by atoms with E-state index in [1.165, 1.54) is 56.1 Å². The second-order valence-corrected chi connectivity index (χ2v) is 7.22. The highest BCUT2D eigenvalue weighted by molar-refractivity contribution is 5.26. The molecule has 1 heteroatoms. The van der Waals surface area contributed by atoms with Crippen molar-refractivity contribution in [1.82, 2.24) is 5.32 Å². The molecule has 2 fully saturated rings. The fourth-order valence-corrected chi connectivity index (χ4v) is 4.71. The van der Waals surface area contributed by atoms with Crippen LogP contribution in [0.5, 0.6) is 0 Å². The first-order chi connectivity index (χ1) is 10.3. The van der Waals surface area contributed by atoms with Gasteiger partial charge < -0.3 is 5.32 Å². The minimum absolute atomic E-state index is 0.588. The summed E-state index contributed by atoms with van der Waals surface area (Å²) in [4.78, 5) is 0. The van der Waals surface area contributed by atoms with Crippen LogP contribution in [0.3, 0.4) is 0 Å². The second kappa shape index (κ2) is 6.96. The van der Waals surface area contributed by atoms with Gasteiger partial charge in [-0.3, -0.25) is 0 Å². The lowest BCUT2D eigenvalue weighted by Gasteiger charge is -2.31. The normalized spacial score (nSPS) is 29.0. The van der Waals surface area contributed by atoms with Gasteiger partial charge in [-0.05, 0) is 67.5 Å². The summed E-state index contributed by atoms with van der Waals surface area (Å²) in [6, 6.07) is 10.1. The average Bonchev–Trinajstić information content (AvgIpc) is 3.14. The van der Waals surface area contributed by atoms with Gasteiger partial charge >= 0.3 is 0 Å². The molecule has 1 N–H and O–H groups in total. The Morgan fingerprint density at radius 3 is 2.48 bits per heavy atom. The van der Waals surface area contributed by atoms with Crippen molar-refractivity contribution >= 4 is 0 Å². The van der Waals surface area contributed by atoms with Crippen LogP contribution < -0.4 is 5.32 Å². The van der Waals surface area contributed by atoms with Gasteiger partial charge in [-0.1, -0.05) is 51.0 Å². The van der Waals surface area contributed by atoms with Gasteiger partial charge in [0.2, 0.25) is 0 Å². The fourth-order valence-electron chi connectivity index (χ4n) is 4.71. The first kappa shape index (κ1) is 15.1.